The van der Waals surface area contributed by atoms with Crippen molar-refractivity contribution in [2.45, 2.75) is 62.9 Å². The van der Waals surface area contributed by atoms with E-state index in [-0.39, 0.29) is 24.4 Å². The third-order valence-corrected chi connectivity index (χ3v) is 9.38. The number of carbonyl (C=O) groups excluding carboxylic acids is 1. The van der Waals surface area contributed by atoms with E-state index < -0.39 is 10.0 Å². The number of piperidine rings is 1. The fourth-order valence-electron chi connectivity index (χ4n) is 4.73. The van der Waals surface area contributed by atoms with Crippen molar-refractivity contribution in [1.82, 2.24) is 19.4 Å². The Morgan fingerprint density at radius 2 is 1.73 bits per heavy atom. The van der Waals surface area contributed by atoms with E-state index in [1.54, 1.807) is 18.2 Å². The molecule has 10 heteroatoms. The van der Waals surface area contributed by atoms with Crippen LogP contribution in [0.15, 0.2) is 57.8 Å². The second-order valence-electron chi connectivity index (χ2n) is 10.1. The third-order valence-electron chi connectivity index (χ3n) is 7.14. The van der Waals surface area contributed by atoms with Gasteiger partial charge in [0.05, 0.1) is 22.0 Å². The van der Waals surface area contributed by atoms with Gasteiger partial charge in [-0.1, -0.05) is 49.7 Å². The van der Waals surface area contributed by atoms with Crippen LogP contribution in [0.5, 0.6) is 0 Å². The molecule has 1 aliphatic heterocycles. The lowest BCUT2D eigenvalue weighted by Crippen LogP contribution is -2.44. The Bertz CT molecular complexity index is 1360. The van der Waals surface area contributed by atoms with Gasteiger partial charge in [0, 0.05) is 25.0 Å². The SMILES string of the molecule is CC(C)c1ccc(S(=O)(=O)N2CCC(C(=O)N(Cc3nnc(-c4ccccc4Cl)o3)C3CC3)CC2)cc1. The lowest BCUT2D eigenvalue weighted by atomic mass is 9.96. The van der Waals surface area contributed by atoms with E-state index >= 15 is 0 Å². The van der Waals surface area contributed by atoms with Crippen molar-refractivity contribution >= 4 is 27.5 Å². The topological polar surface area (TPSA) is 96.6 Å². The predicted molar refractivity (Wildman–Crippen MR) is 140 cm³/mol. The van der Waals surface area contributed by atoms with Crippen LogP contribution in [0.2, 0.25) is 5.02 Å². The summed E-state index contributed by atoms with van der Waals surface area (Å²) in [5.74, 6) is 0.811. The number of carbonyl (C=O) groups is 1. The summed E-state index contributed by atoms with van der Waals surface area (Å²) in [6.45, 7) is 5.03. The number of hydrogen-bond donors (Lipinski definition) is 0. The van der Waals surface area contributed by atoms with Crippen molar-refractivity contribution in [3.05, 3.63) is 65.0 Å². The van der Waals surface area contributed by atoms with Crippen molar-refractivity contribution in [3.8, 4) is 11.5 Å². The molecule has 196 valence electrons. The van der Waals surface area contributed by atoms with Crippen molar-refractivity contribution in [3.63, 3.8) is 0 Å². The number of hydrogen-bond acceptors (Lipinski definition) is 6. The molecule has 0 N–H and O–H groups in total. The van der Waals surface area contributed by atoms with E-state index in [0.29, 0.717) is 59.1 Å². The van der Waals surface area contributed by atoms with Crippen LogP contribution in [0.1, 0.15) is 56.9 Å². The highest BCUT2D eigenvalue weighted by Gasteiger charge is 2.39. The summed E-state index contributed by atoms with van der Waals surface area (Å²) in [5, 5.41) is 8.79. The molecule has 5 rings (SSSR count). The molecule has 1 aliphatic carbocycles. The highest BCUT2D eigenvalue weighted by molar-refractivity contribution is 7.89. The Kier molecular flexibility index (Phi) is 7.38. The van der Waals surface area contributed by atoms with Gasteiger partial charge in [0.15, 0.2) is 0 Å². The van der Waals surface area contributed by atoms with E-state index in [4.69, 9.17) is 16.0 Å². The molecule has 1 saturated heterocycles. The van der Waals surface area contributed by atoms with E-state index in [2.05, 4.69) is 24.0 Å². The average molecular weight is 543 g/mol. The van der Waals surface area contributed by atoms with Crippen LogP contribution < -0.4 is 0 Å². The van der Waals surface area contributed by atoms with Gasteiger partial charge < -0.3 is 9.32 Å². The zero-order valence-electron chi connectivity index (χ0n) is 21.0. The Labute approximate surface area is 222 Å². The molecular weight excluding hydrogens is 512 g/mol. The summed E-state index contributed by atoms with van der Waals surface area (Å²) in [4.78, 5) is 15.6. The normalized spacial score (nSPS) is 17.3. The first-order chi connectivity index (χ1) is 17.7. The number of aromatic nitrogens is 2. The van der Waals surface area contributed by atoms with Crippen molar-refractivity contribution < 1.29 is 17.6 Å². The average Bonchev–Trinajstić information content (AvgIpc) is 3.65. The molecule has 0 spiro atoms. The third kappa shape index (κ3) is 5.58. The largest absolute Gasteiger partial charge is 0.419 e. The summed E-state index contributed by atoms with van der Waals surface area (Å²) in [7, 11) is -3.59. The Morgan fingerprint density at radius 3 is 2.35 bits per heavy atom. The lowest BCUT2D eigenvalue weighted by Gasteiger charge is -2.33. The molecular formula is C27H31ClN4O4S. The highest BCUT2D eigenvalue weighted by atomic mass is 35.5. The maximum atomic E-state index is 13.5. The fraction of sp³-hybridized carbons (Fsp3) is 0.444. The van der Waals surface area contributed by atoms with Gasteiger partial charge in [0.2, 0.25) is 27.7 Å². The number of rotatable bonds is 8. The quantitative estimate of drug-likeness (QED) is 0.392. The van der Waals surface area contributed by atoms with Crippen molar-refractivity contribution in [2.75, 3.05) is 13.1 Å². The zero-order chi connectivity index (χ0) is 26.2. The summed E-state index contributed by atoms with van der Waals surface area (Å²) in [6, 6.07) is 14.5. The molecule has 1 aromatic heterocycles. The van der Waals surface area contributed by atoms with Crippen LogP contribution in [-0.2, 0) is 21.4 Å². The molecule has 2 heterocycles. The van der Waals surface area contributed by atoms with Gasteiger partial charge in [-0.2, -0.15) is 4.31 Å². The monoisotopic (exact) mass is 542 g/mol. The number of halogens is 1. The second kappa shape index (κ2) is 10.6. The van der Waals surface area contributed by atoms with Gasteiger partial charge in [0.25, 0.3) is 0 Å². The predicted octanol–water partition coefficient (Wildman–Crippen LogP) is 5.11. The van der Waals surface area contributed by atoms with Crippen LogP contribution in [0.3, 0.4) is 0 Å². The first-order valence-corrected chi connectivity index (χ1v) is 14.5. The Balaban J connectivity index is 1.23. The highest BCUT2D eigenvalue weighted by Crippen LogP contribution is 2.33. The summed E-state index contributed by atoms with van der Waals surface area (Å²) >= 11 is 6.25. The van der Waals surface area contributed by atoms with Crippen LogP contribution in [0, 0.1) is 5.92 Å². The van der Waals surface area contributed by atoms with Crippen molar-refractivity contribution in [1.29, 1.82) is 0 Å². The summed E-state index contributed by atoms with van der Waals surface area (Å²) < 4.78 is 33.7. The van der Waals surface area contributed by atoms with E-state index in [1.807, 2.05) is 35.2 Å². The molecule has 0 atom stereocenters. The first kappa shape index (κ1) is 25.9. The molecule has 0 unspecified atom stereocenters. The maximum absolute atomic E-state index is 13.5. The zero-order valence-corrected chi connectivity index (χ0v) is 22.6. The summed E-state index contributed by atoms with van der Waals surface area (Å²) in [6.07, 6.45) is 2.85. The molecule has 2 aliphatic rings. The number of amides is 1. The van der Waals surface area contributed by atoms with E-state index in [0.717, 1.165) is 18.4 Å². The van der Waals surface area contributed by atoms with Crippen LogP contribution >= 0.6 is 11.6 Å². The molecule has 37 heavy (non-hydrogen) atoms. The molecule has 0 bridgehead atoms. The van der Waals surface area contributed by atoms with E-state index in [9.17, 15) is 13.2 Å². The summed E-state index contributed by atoms with van der Waals surface area (Å²) in [5.41, 5.74) is 1.75. The smallest absolute Gasteiger partial charge is 0.249 e. The van der Waals surface area contributed by atoms with Gasteiger partial charge in [-0.15, -0.1) is 10.2 Å². The van der Waals surface area contributed by atoms with Crippen LogP contribution in [-0.4, -0.2) is 52.9 Å². The van der Waals surface area contributed by atoms with Gasteiger partial charge in [0.1, 0.15) is 0 Å². The molecule has 3 aromatic rings. The molecule has 0 radical (unpaired) electrons. The van der Waals surface area contributed by atoms with Gasteiger partial charge in [-0.3, -0.25) is 4.79 Å². The molecule has 1 saturated carbocycles. The minimum Gasteiger partial charge on any atom is -0.419 e. The second-order valence-corrected chi connectivity index (χ2v) is 12.4. The minimum absolute atomic E-state index is 0.0262. The van der Waals surface area contributed by atoms with Crippen LogP contribution in [0.4, 0.5) is 0 Å². The number of nitrogens with zero attached hydrogens (tertiary/aromatic N) is 4. The number of benzene rings is 2. The van der Waals surface area contributed by atoms with Gasteiger partial charge >= 0.3 is 0 Å². The van der Waals surface area contributed by atoms with E-state index in [1.165, 1.54) is 4.31 Å². The Morgan fingerprint density at radius 1 is 1.05 bits per heavy atom. The number of sulfonamides is 1. The molecule has 2 fully saturated rings. The Hall–Kier alpha value is -2.75. The lowest BCUT2D eigenvalue weighted by molar-refractivity contribution is -0.138. The van der Waals surface area contributed by atoms with Crippen molar-refractivity contribution in [2.24, 2.45) is 5.92 Å². The molecule has 1 amide bonds. The van der Waals surface area contributed by atoms with Crippen LogP contribution in [0.25, 0.3) is 11.5 Å². The molecule has 2 aromatic carbocycles. The van der Waals surface area contributed by atoms with Gasteiger partial charge in [-0.05, 0) is 61.4 Å². The minimum atomic E-state index is -3.59. The van der Waals surface area contributed by atoms with Gasteiger partial charge in [-0.25, -0.2) is 8.42 Å². The fourth-order valence-corrected chi connectivity index (χ4v) is 6.42. The maximum Gasteiger partial charge on any atom is 0.249 e. The standard InChI is InChI=1S/C27H31ClN4O4S/c1-18(2)19-7-11-22(12-8-19)37(34,35)31-15-13-20(14-16-31)27(33)32(21-9-10-21)17-25-29-30-26(36-25)23-5-3-4-6-24(23)28/h3-8,11-12,18,20-21H,9-10,13-17H2,1-2H3. The first-order valence-electron chi connectivity index (χ1n) is 12.7. The molecule has 8 nitrogen and oxygen atoms in total.